The molecule has 0 saturated carbocycles. The fraction of sp³-hybridized carbons (Fsp3) is 0.463. The standard InChI is InChI=1S/C41H56N6O7/c1-25(2)18-32(43)38(50)37(49)21-36(48)33(19-26(3)4)44-39(51)34(45-41(53)54-23-28-12-7-6-8-13-28)20-30-22-46(40(52)27(5)42)24-47(30)35-17-11-15-29-14-9-10-16-31(29)35/h6-17,22,25-27,32-34,36,38,48,50H,18-21,23-24,42-43H2,1-5H3,(H,44,51)(H,45,53)/t27-,32-,33-,34-,36-,38?/m0/s1. The molecule has 54 heavy (non-hydrogen) atoms. The Hall–Kier alpha value is -4.82. The van der Waals surface area contributed by atoms with Gasteiger partial charge in [-0.25, -0.2) is 4.79 Å². The van der Waals surface area contributed by atoms with E-state index in [4.69, 9.17) is 16.2 Å². The lowest BCUT2D eigenvalue weighted by Gasteiger charge is -2.30. The van der Waals surface area contributed by atoms with Gasteiger partial charge < -0.3 is 42.0 Å². The van der Waals surface area contributed by atoms with Crippen LogP contribution in [0.15, 0.2) is 84.7 Å². The third kappa shape index (κ3) is 11.6. The fourth-order valence-corrected chi connectivity index (χ4v) is 6.58. The number of alkyl carbamates (subject to hydrolysis) is 1. The predicted molar refractivity (Wildman–Crippen MR) is 208 cm³/mol. The van der Waals surface area contributed by atoms with Crippen molar-refractivity contribution in [3.8, 4) is 0 Å². The van der Waals surface area contributed by atoms with Crippen LogP contribution in [-0.4, -0.2) is 81.8 Å². The number of aliphatic hydroxyl groups excluding tert-OH is 2. The van der Waals surface area contributed by atoms with E-state index in [1.807, 2.05) is 93.3 Å². The Balaban J connectivity index is 1.64. The van der Waals surface area contributed by atoms with E-state index >= 15 is 0 Å². The third-order valence-corrected chi connectivity index (χ3v) is 9.32. The number of ketones is 1. The van der Waals surface area contributed by atoms with Crippen molar-refractivity contribution in [2.45, 2.75) is 103 Å². The van der Waals surface area contributed by atoms with Crippen LogP contribution in [0, 0.1) is 11.8 Å². The molecule has 0 aliphatic carbocycles. The SMILES string of the molecule is CC(C)C[C@H](NC(=O)[C@H](CC1=CN(C(=O)[C@H](C)N)CN1c1cccc2ccccc12)NC(=O)OCc1ccccc1)[C@@H](O)CC(=O)C(O)[C@@H](N)CC(C)C. The molecule has 1 aliphatic rings. The minimum Gasteiger partial charge on any atom is -0.445 e. The van der Waals surface area contributed by atoms with Gasteiger partial charge in [0.05, 0.1) is 23.9 Å². The number of rotatable bonds is 18. The number of Topliss-reactive ketones (excluding diaryl/α,β-unsaturated/α-hetero) is 1. The Labute approximate surface area is 317 Å². The normalized spacial score (nSPS) is 16.4. The van der Waals surface area contributed by atoms with Crippen molar-refractivity contribution in [1.82, 2.24) is 15.5 Å². The highest BCUT2D eigenvalue weighted by Crippen LogP contribution is 2.34. The quantitative estimate of drug-likeness (QED) is 0.111. The molecule has 0 fully saturated rings. The zero-order chi connectivity index (χ0) is 39.5. The van der Waals surface area contributed by atoms with E-state index in [1.165, 1.54) is 4.90 Å². The number of hydrogen-bond acceptors (Lipinski definition) is 10. The number of ether oxygens (including phenoxy) is 1. The Kier molecular flexibility index (Phi) is 15.1. The number of nitrogens with zero attached hydrogens (tertiary/aromatic N) is 2. The van der Waals surface area contributed by atoms with Crippen LogP contribution in [0.5, 0.6) is 0 Å². The van der Waals surface area contributed by atoms with Gasteiger partial charge in [0.15, 0.2) is 5.78 Å². The van der Waals surface area contributed by atoms with Gasteiger partial charge in [0.2, 0.25) is 11.8 Å². The van der Waals surface area contributed by atoms with Crippen LogP contribution in [-0.2, 0) is 25.7 Å². The molecule has 6 atom stereocenters. The van der Waals surface area contributed by atoms with Gasteiger partial charge >= 0.3 is 6.09 Å². The molecular formula is C41H56N6O7. The first kappa shape index (κ1) is 41.9. The molecule has 8 N–H and O–H groups in total. The second kappa shape index (κ2) is 19.5. The molecule has 0 radical (unpaired) electrons. The summed E-state index contributed by atoms with van der Waals surface area (Å²) in [4.78, 5) is 57.1. The molecule has 0 spiro atoms. The van der Waals surface area contributed by atoms with Gasteiger partial charge in [0.1, 0.15) is 25.4 Å². The maximum atomic E-state index is 14.3. The number of fused-ring (bicyclic) bond motifs is 1. The molecule has 3 aromatic carbocycles. The van der Waals surface area contributed by atoms with Crippen molar-refractivity contribution < 1.29 is 34.1 Å². The van der Waals surface area contributed by atoms with Crippen LogP contribution in [0.3, 0.4) is 0 Å². The van der Waals surface area contributed by atoms with Gasteiger partial charge in [0, 0.05) is 36.2 Å². The molecule has 13 nitrogen and oxygen atoms in total. The lowest BCUT2D eigenvalue weighted by atomic mass is 9.91. The van der Waals surface area contributed by atoms with Gasteiger partial charge in [-0.2, -0.15) is 0 Å². The van der Waals surface area contributed by atoms with E-state index in [-0.39, 0.29) is 37.4 Å². The van der Waals surface area contributed by atoms with Gasteiger partial charge in [0.25, 0.3) is 0 Å². The third-order valence-electron chi connectivity index (χ3n) is 9.32. The summed E-state index contributed by atoms with van der Waals surface area (Å²) >= 11 is 0. The van der Waals surface area contributed by atoms with Gasteiger partial charge in [-0.15, -0.1) is 0 Å². The summed E-state index contributed by atoms with van der Waals surface area (Å²) in [6.07, 6.45) is -1.85. The maximum absolute atomic E-state index is 14.3. The van der Waals surface area contributed by atoms with Crippen molar-refractivity contribution in [1.29, 1.82) is 0 Å². The first-order chi connectivity index (χ1) is 25.6. The molecule has 0 aromatic heterocycles. The first-order valence-electron chi connectivity index (χ1n) is 18.6. The molecule has 0 saturated heterocycles. The highest BCUT2D eigenvalue weighted by atomic mass is 16.5. The van der Waals surface area contributed by atoms with E-state index < -0.39 is 60.6 Å². The highest BCUT2D eigenvalue weighted by Gasteiger charge is 2.35. The minimum atomic E-state index is -1.47. The Morgan fingerprint density at radius 1 is 0.833 bits per heavy atom. The largest absolute Gasteiger partial charge is 0.445 e. The molecule has 13 heteroatoms. The van der Waals surface area contributed by atoms with E-state index in [9.17, 15) is 29.4 Å². The topological polar surface area (TPSA) is 201 Å². The summed E-state index contributed by atoms with van der Waals surface area (Å²) in [6.45, 7) is 9.35. The summed E-state index contributed by atoms with van der Waals surface area (Å²) in [5.41, 5.74) is 14.1. The molecule has 1 aliphatic heterocycles. The molecule has 0 bridgehead atoms. The van der Waals surface area contributed by atoms with Crippen LogP contribution in [0.25, 0.3) is 10.8 Å². The van der Waals surface area contributed by atoms with Crippen LogP contribution in [0.4, 0.5) is 10.5 Å². The number of amides is 3. The number of benzene rings is 3. The van der Waals surface area contributed by atoms with Crippen molar-refractivity contribution in [2.75, 3.05) is 11.6 Å². The Bertz CT molecular complexity index is 1760. The van der Waals surface area contributed by atoms with Crippen molar-refractivity contribution in [3.05, 3.63) is 90.3 Å². The van der Waals surface area contributed by atoms with E-state index in [1.54, 1.807) is 25.3 Å². The minimum absolute atomic E-state index is 0.00682. The van der Waals surface area contributed by atoms with Gasteiger partial charge in [-0.05, 0) is 48.6 Å². The van der Waals surface area contributed by atoms with Gasteiger partial charge in [-0.1, -0.05) is 94.4 Å². The monoisotopic (exact) mass is 744 g/mol. The fourth-order valence-electron chi connectivity index (χ4n) is 6.58. The van der Waals surface area contributed by atoms with Gasteiger partial charge in [-0.3, -0.25) is 19.3 Å². The van der Waals surface area contributed by atoms with E-state index in [0.29, 0.717) is 18.5 Å². The second-order valence-electron chi connectivity index (χ2n) is 15.0. The number of anilines is 1. The molecule has 4 rings (SSSR count). The number of nitrogens with one attached hydrogen (secondary N) is 2. The summed E-state index contributed by atoms with van der Waals surface area (Å²) < 4.78 is 5.50. The number of aliphatic hydroxyl groups is 2. The summed E-state index contributed by atoms with van der Waals surface area (Å²) in [5, 5.41) is 29.4. The average molecular weight is 745 g/mol. The molecule has 1 heterocycles. The zero-order valence-corrected chi connectivity index (χ0v) is 31.9. The van der Waals surface area contributed by atoms with Crippen LogP contribution in [0.2, 0.25) is 0 Å². The first-order valence-corrected chi connectivity index (χ1v) is 18.6. The van der Waals surface area contributed by atoms with Crippen LogP contribution in [0.1, 0.15) is 65.9 Å². The lowest BCUT2D eigenvalue weighted by molar-refractivity contribution is -0.132. The van der Waals surface area contributed by atoms with Crippen LogP contribution < -0.4 is 27.0 Å². The molecule has 3 aromatic rings. The van der Waals surface area contributed by atoms with Crippen molar-refractivity contribution in [3.63, 3.8) is 0 Å². The van der Waals surface area contributed by atoms with Crippen molar-refractivity contribution >= 4 is 40.2 Å². The zero-order valence-electron chi connectivity index (χ0n) is 31.9. The molecule has 292 valence electrons. The summed E-state index contributed by atoms with van der Waals surface area (Å²) in [6, 6.07) is 18.9. The Morgan fingerprint density at radius 3 is 2.15 bits per heavy atom. The summed E-state index contributed by atoms with van der Waals surface area (Å²) in [7, 11) is 0. The molecule has 1 unspecified atom stereocenters. The number of nitrogens with two attached hydrogens (primary N) is 2. The molecular weight excluding hydrogens is 688 g/mol. The van der Waals surface area contributed by atoms with Crippen molar-refractivity contribution in [2.24, 2.45) is 23.3 Å². The van der Waals surface area contributed by atoms with E-state index in [2.05, 4.69) is 10.6 Å². The van der Waals surface area contributed by atoms with Crippen LogP contribution >= 0.6 is 0 Å². The average Bonchev–Trinajstić information content (AvgIpc) is 3.55. The Morgan fingerprint density at radius 2 is 1.48 bits per heavy atom. The smallest absolute Gasteiger partial charge is 0.408 e. The number of carbonyl (C=O) groups is 4. The molecule has 3 amide bonds. The van der Waals surface area contributed by atoms with E-state index in [0.717, 1.165) is 22.0 Å². The highest BCUT2D eigenvalue weighted by molar-refractivity contribution is 5.96. The maximum Gasteiger partial charge on any atom is 0.408 e. The number of hydrogen-bond donors (Lipinski definition) is 6. The summed E-state index contributed by atoms with van der Waals surface area (Å²) in [5.74, 6) is -1.45. The second-order valence-corrected chi connectivity index (χ2v) is 15.0. The predicted octanol–water partition coefficient (Wildman–Crippen LogP) is 3.90. The lowest BCUT2D eigenvalue weighted by Crippen LogP contribution is -2.54. The number of carbonyl (C=O) groups excluding carboxylic acids is 4.